The van der Waals surface area contributed by atoms with E-state index in [2.05, 4.69) is 4.72 Å². The Bertz CT molecular complexity index is 1100. The monoisotopic (exact) mass is 468 g/mol. The molecule has 2 aromatic rings. The van der Waals surface area contributed by atoms with Crippen molar-refractivity contribution in [1.29, 1.82) is 0 Å². The molecule has 1 saturated heterocycles. The van der Waals surface area contributed by atoms with Gasteiger partial charge in [-0.2, -0.15) is 0 Å². The Morgan fingerprint density at radius 1 is 1.10 bits per heavy atom. The molecule has 0 bridgehead atoms. The highest BCUT2D eigenvalue weighted by Gasteiger charge is 2.28. The number of ether oxygens (including phenoxy) is 2. The van der Waals surface area contributed by atoms with Crippen molar-refractivity contribution >= 4 is 25.7 Å². The molecule has 1 fully saturated rings. The molecule has 0 radical (unpaired) electrons. The Morgan fingerprint density at radius 3 is 2.48 bits per heavy atom. The van der Waals surface area contributed by atoms with Crippen molar-refractivity contribution in [2.45, 2.75) is 31.1 Å². The van der Waals surface area contributed by atoms with Gasteiger partial charge in [0.05, 0.1) is 25.2 Å². The Labute approximate surface area is 184 Å². The predicted octanol–water partition coefficient (Wildman–Crippen LogP) is 2.54. The minimum Gasteiger partial charge on any atom is -0.497 e. The molecule has 1 aliphatic rings. The summed E-state index contributed by atoms with van der Waals surface area (Å²) in [5.74, 6) is 0.982. The lowest BCUT2D eigenvalue weighted by atomic mass is 10.1. The van der Waals surface area contributed by atoms with Crippen LogP contribution in [0.5, 0.6) is 11.5 Å². The predicted molar refractivity (Wildman–Crippen MR) is 120 cm³/mol. The molecule has 1 heterocycles. The first-order valence-electron chi connectivity index (χ1n) is 10.2. The summed E-state index contributed by atoms with van der Waals surface area (Å²) in [6, 6.07) is 11.9. The summed E-state index contributed by atoms with van der Waals surface area (Å²) in [4.78, 5) is -0.0673. The van der Waals surface area contributed by atoms with Gasteiger partial charge in [-0.05, 0) is 62.1 Å². The van der Waals surface area contributed by atoms with Gasteiger partial charge in [-0.25, -0.2) is 21.6 Å². The van der Waals surface area contributed by atoms with E-state index in [4.69, 9.17) is 9.47 Å². The molecule has 10 heteroatoms. The third-order valence-electron chi connectivity index (χ3n) is 5.02. The number of hydrogen-bond donors (Lipinski definition) is 1. The minimum atomic E-state index is -3.92. The lowest BCUT2D eigenvalue weighted by Crippen LogP contribution is -2.38. The molecule has 1 aliphatic heterocycles. The van der Waals surface area contributed by atoms with Crippen LogP contribution in [0.4, 0.5) is 5.69 Å². The molecule has 0 atom stereocenters. The number of sulfonamides is 2. The number of hydrogen-bond acceptors (Lipinski definition) is 6. The zero-order chi connectivity index (χ0) is 22.5. The highest BCUT2D eigenvalue weighted by molar-refractivity contribution is 7.92. The van der Waals surface area contributed by atoms with E-state index < -0.39 is 20.0 Å². The third-order valence-corrected chi connectivity index (χ3v) is 8.37. The first kappa shape index (κ1) is 23.4. The molecule has 1 N–H and O–H groups in total. The van der Waals surface area contributed by atoms with Gasteiger partial charge in [0.1, 0.15) is 16.4 Å². The molecule has 0 spiro atoms. The minimum absolute atomic E-state index is 0.0579. The highest BCUT2D eigenvalue weighted by atomic mass is 32.2. The lowest BCUT2D eigenvalue weighted by molar-refractivity contribution is 0.331. The topological polar surface area (TPSA) is 102 Å². The molecule has 0 aromatic heterocycles. The first-order chi connectivity index (χ1) is 14.8. The van der Waals surface area contributed by atoms with Crippen molar-refractivity contribution in [1.82, 2.24) is 4.72 Å². The van der Waals surface area contributed by atoms with E-state index in [1.54, 1.807) is 20.1 Å². The van der Waals surface area contributed by atoms with Crippen LogP contribution in [0.2, 0.25) is 0 Å². The fraction of sp³-hybridized carbons (Fsp3) is 0.429. The molecule has 0 saturated carbocycles. The van der Waals surface area contributed by atoms with Crippen LogP contribution in [-0.2, 0) is 26.5 Å². The highest BCUT2D eigenvalue weighted by Crippen LogP contribution is 2.32. The quantitative estimate of drug-likeness (QED) is 0.607. The van der Waals surface area contributed by atoms with Crippen LogP contribution in [0.3, 0.4) is 0 Å². The van der Waals surface area contributed by atoms with Crippen molar-refractivity contribution in [3.63, 3.8) is 0 Å². The number of rotatable bonds is 9. The third kappa shape index (κ3) is 5.69. The van der Waals surface area contributed by atoms with E-state index >= 15 is 0 Å². The Balaban J connectivity index is 1.81. The van der Waals surface area contributed by atoms with Gasteiger partial charge >= 0.3 is 0 Å². The van der Waals surface area contributed by atoms with Crippen molar-refractivity contribution in [2.24, 2.45) is 0 Å². The average molecular weight is 469 g/mol. The fourth-order valence-corrected chi connectivity index (χ4v) is 6.24. The second-order valence-electron chi connectivity index (χ2n) is 7.16. The largest absolute Gasteiger partial charge is 0.497 e. The molecule has 170 valence electrons. The van der Waals surface area contributed by atoms with Gasteiger partial charge in [-0.3, -0.25) is 4.31 Å². The van der Waals surface area contributed by atoms with E-state index in [1.807, 2.05) is 24.3 Å². The Kier molecular flexibility index (Phi) is 7.45. The second kappa shape index (κ2) is 9.88. The fourth-order valence-electron chi connectivity index (χ4n) is 3.42. The molecular formula is C21H28N2O6S2. The van der Waals surface area contributed by atoms with Gasteiger partial charge in [-0.1, -0.05) is 12.1 Å². The van der Waals surface area contributed by atoms with Crippen LogP contribution < -0.4 is 18.5 Å². The smallest absolute Gasteiger partial charge is 0.244 e. The van der Waals surface area contributed by atoms with E-state index in [9.17, 15) is 16.8 Å². The van der Waals surface area contributed by atoms with E-state index in [-0.39, 0.29) is 29.5 Å². The first-order valence-corrected chi connectivity index (χ1v) is 13.3. The molecule has 3 rings (SSSR count). The summed E-state index contributed by atoms with van der Waals surface area (Å²) >= 11 is 0. The van der Waals surface area contributed by atoms with Crippen molar-refractivity contribution in [2.75, 3.05) is 36.9 Å². The van der Waals surface area contributed by atoms with Gasteiger partial charge in [0, 0.05) is 13.1 Å². The summed E-state index contributed by atoms with van der Waals surface area (Å²) in [7, 11) is -5.79. The van der Waals surface area contributed by atoms with Crippen LogP contribution >= 0.6 is 0 Å². The number of benzene rings is 2. The van der Waals surface area contributed by atoms with Gasteiger partial charge in [0.15, 0.2) is 0 Å². The zero-order valence-corrected chi connectivity index (χ0v) is 19.3. The molecule has 8 nitrogen and oxygen atoms in total. The van der Waals surface area contributed by atoms with Crippen LogP contribution in [0.1, 0.15) is 25.3 Å². The maximum absolute atomic E-state index is 13.0. The van der Waals surface area contributed by atoms with E-state index in [1.165, 1.54) is 16.4 Å². The lowest BCUT2D eigenvalue weighted by Gasteiger charge is -2.28. The average Bonchev–Trinajstić information content (AvgIpc) is 2.74. The van der Waals surface area contributed by atoms with Crippen molar-refractivity contribution in [3.05, 3.63) is 48.0 Å². The molecular weight excluding hydrogens is 440 g/mol. The van der Waals surface area contributed by atoms with Gasteiger partial charge in [0.2, 0.25) is 20.0 Å². The second-order valence-corrected chi connectivity index (χ2v) is 10.9. The van der Waals surface area contributed by atoms with Crippen LogP contribution in [0.25, 0.3) is 0 Å². The van der Waals surface area contributed by atoms with Crippen molar-refractivity contribution in [3.8, 4) is 11.5 Å². The SMILES string of the molecule is CCOc1ccc(N2CCCCS2(=O)=O)cc1S(=O)(=O)NCCc1ccc(OC)cc1. The molecule has 0 aliphatic carbocycles. The van der Waals surface area contributed by atoms with Gasteiger partial charge in [-0.15, -0.1) is 0 Å². The van der Waals surface area contributed by atoms with Crippen LogP contribution in [-0.4, -0.2) is 49.4 Å². The Morgan fingerprint density at radius 2 is 1.84 bits per heavy atom. The van der Waals surface area contributed by atoms with E-state index in [0.717, 1.165) is 17.7 Å². The maximum Gasteiger partial charge on any atom is 0.244 e. The van der Waals surface area contributed by atoms with Gasteiger partial charge < -0.3 is 9.47 Å². The molecule has 31 heavy (non-hydrogen) atoms. The summed E-state index contributed by atoms with van der Waals surface area (Å²) in [6.45, 7) is 2.57. The molecule has 2 aromatic carbocycles. The summed E-state index contributed by atoms with van der Waals surface area (Å²) < 4.78 is 65.5. The standard InChI is InChI=1S/C21H28N2O6S2/c1-3-29-20-11-8-18(23-14-4-5-15-30(23,24)25)16-21(20)31(26,27)22-13-12-17-6-9-19(28-2)10-7-17/h6-11,16,22H,3-5,12-15H2,1-2H3. The number of anilines is 1. The van der Waals surface area contributed by atoms with Crippen LogP contribution in [0, 0.1) is 0 Å². The maximum atomic E-state index is 13.0. The zero-order valence-electron chi connectivity index (χ0n) is 17.7. The number of methoxy groups -OCH3 is 1. The molecule has 0 amide bonds. The summed E-state index contributed by atoms with van der Waals surface area (Å²) in [5, 5.41) is 0. The number of nitrogens with one attached hydrogen (secondary N) is 1. The van der Waals surface area contributed by atoms with Crippen molar-refractivity contribution < 1.29 is 26.3 Å². The molecule has 0 unspecified atom stereocenters. The normalized spacial score (nSPS) is 16.1. The van der Waals surface area contributed by atoms with Gasteiger partial charge in [0.25, 0.3) is 0 Å². The van der Waals surface area contributed by atoms with Crippen LogP contribution in [0.15, 0.2) is 47.4 Å². The Hall–Kier alpha value is -2.30. The van der Waals surface area contributed by atoms with E-state index in [0.29, 0.717) is 25.1 Å². The summed E-state index contributed by atoms with van der Waals surface area (Å²) in [6.07, 6.45) is 1.83. The number of nitrogens with zero attached hydrogens (tertiary/aromatic N) is 1. The summed E-state index contributed by atoms with van der Waals surface area (Å²) in [5.41, 5.74) is 1.29.